The molecular weight excluding hydrogens is 194 g/mol. The summed E-state index contributed by atoms with van der Waals surface area (Å²) in [7, 11) is 0. The van der Waals surface area contributed by atoms with Gasteiger partial charge in [-0.25, -0.2) is 0 Å². The van der Waals surface area contributed by atoms with E-state index in [2.05, 4.69) is 11.1 Å². The normalized spacial score (nSPS) is 28.4. The Bertz CT molecular complexity index is 273. The molecule has 2 rings (SSSR count). The summed E-state index contributed by atoms with van der Waals surface area (Å²) < 4.78 is 0. The molecule has 1 heterocycles. The van der Waals surface area contributed by atoms with Crippen molar-refractivity contribution in [2.75, 3.05) is 0 Å². The van der Waals surface area contributed by atoms with Crippen molar-refractivity contribution in [3.05, 3.63) is 30.1 Å². The summed E-state index contributed by atoms with van der Waals surface area (Å²) in [6.07, 6.45) is 10.1. The predicted octanol–water partition coefficient (Wildman–Crippen LogP) is 3.74. The second-order valence-corrected chi connectivity index (χ2v) is 4.61. The predicted molar refractivity (Wildman–Crippen MR) is 59.7 cm³/mol. The van der Waals surface area contributed by atoms with Crippen molar-refractivity contribution in [3.8, 4) is 0 Å². The van der Waals surface area contributed by atoms with E-state index in [-0.39, 0.29) is 0 Å². The minimum atomic E-state index is 0.307. The Hall–Kier alpha value is -0.560. The number of pyridine rings is 1. The minimum absolute atomic E-state index is 0.307. The Labute approximate surface area is 90.5 Å². The van der Waals surface area contributed by atoms with Crippen LogP contribution in [0.5, 0.6) is 0 Å². The first-order valence-electron chi connectivity index (χ1n) is 5.42. The molecule has 1 saturated carbocycles. The zero-order valence-electron chi connectivity index (χ0n) is 8.32. The highest BCUT2D eigenvalue weighted by molar-refractivity contribution is 6.21. The van der Waals surface area contributed by atoms with Gasteiger partial charge in [0.1, 0.15) is 0 Å². The highest BCUT2D eigenvalue weighted by atomic mass is 35.5. The van der Waals surface area contributed by atoms with Gasteiger partial charge in [-0.1, -0.05) is 25.3 Å². The Kier molecular flexibility index (Phi) is 3.41. The van der Waals surface area contributed by atoms with Gasteiger partial charge >= 0.3 is 0 Å². The maximum absolute atomic E-state index is 6.39. The SMILES string of the molecule is ClC1CCCCCC1c1cccnc1. The molecule has 1 aliphatic rings. The van der Waals surface area contributed by atoms with Crippen molar-refractivity contribution in [1.29, 1.82) is 0 Å². The third kappa shape index (κ3) is 2.27. The number of rotatable bonds is 1. The van der Waals surface area contributed by atoms with E-state index in [1.807, 2.05) is 18.5 Å². The summed E-state index contributed by atoms with van der Waals surface area (Å²) in [6, 6.07) is 4.15. The quantitative estimate of drug-likeness (QED) is 0.507. The lowest BCUT2D eigenvalue weighted by atomic mass is 9.93. The molecule has 1 aromatic rings. The minimum Gasteiger partial charge on any atom is -0.264 e. The molecule has 1 fully saturated rings. The molecule has 0 radical (unpaired) electrons. The molecule has 1 nitrogen and oxygen atoms in total. The van der Waals surface area contributed by atoms with Crippen LogP contribution in [-0.2, 0) is 0 Å². The number of aromatic nitrogens is 1. The van der Waals surface area contributed by atoms with Gasteiger partial charge in [-0.15, -0.1) is 11.6 Å². The molecule has 1 aliphatic carbocycles. The van der Waals surface area contributed by atoms with Gasteiger partial charge in [-0.3, -0.25) is 4.98 Å². The van der Waals surface area contributed by atoms with E-state index in [0.717, 1.165) is 6.42 Å². The molecule has 0 spiro atoms. The molecule has 14 heavy (non-hydrogen) atoms. The number of hydrogen-bond acceptors (Lipinski definition) is 1. The van der Waals surface area contributed by atoms with Crippen LogP contribution in [0.3, 0.4) is 0 Å². The third-order valence-electron chi connectivity index (χ3n) is 3.04. The average Bonchev–Trinajstić information content (AvgIpc) is 2.44. The Morgan fingerprint density at radius 1 is 1.21 bits per heavy atom. The fourth-order valence-corrected chi connectivity index (χ4v) is 2.66. The monoisotopic (exact) mass is 209 g/mol. The molecule has 2 atom stereocenters. The lowest BCUT2D eigenvalue weighted by Gasteiger charge is -2.19. The molecule has 0 saturated heterocycles. The van der Waals surface area contributed by atoms with Crippen molar-refractivity contribution < 1.29 is 0 Å². The van der Waals surface area contributed by atoms with E-state index in [4.69, 9.17) is 11.6 Å². The van der Waals surface area contributed by atoms with Crippen molar-refractivity contribution in [2.45, 2.75) is 43.4 Å². The van der Waals surface area contributed by atoms with Crippen LogP contribution in [0.15, 0.2) is 24.5 Å². The maximum Gasteiger partial charge on any atom is 0.0405 e. The Morgan fingerprint density at radius 2 is 2.07 bits per heavy atom. The van der Waals surface area contributed by atoms with Crippen LogP contribution in [0.4, 0.5) is 0 Å². The fourth-order valence-electron chi connectivity index (χ4n) is 2.23. The lowest BCUT2D eigenvalue weighted by Crippen LogP contribution is -2.11. The lowest BCUT2D eigenvalue weighted by molar-refractivity contribution is 0.598. The largest absolute Gasteiger partial charge is 0.264 e. The first-order chi connectivity index (χ1) is 6.88. The van der Waals surface area contributed by atoms with Gasteiger partial charge in [0.25, 0.3) is 0 Å². The van der Waals surface area contributed by atoms with Gasteiger partial charge in [0.05, 0.1) is 0 Å². The zero-order valence-corrected chi connectivity index (χ0v) is 9.08. The van der Waals surface area contributed by atoms with Crippen LogP contribution in [0.25, 0.3) is 0 Å². The fraction of sp³-hybridized carbons (Fsp3) is 0.583. The van der Waals surface area contributed by atoms with E-state index in [0.29, 0.717) is 11.3 Å². The second-order valence-electron chi connectivity index (χ2n) is 4.05. The Morgan fingerprint density at radius 3 is 2.86 bits per heavy atom. The molecule has 2 unspecified atom stereocenters. The van der Waals surface area contributed by atoms with Crippen LogP contribution in [0.2, 0.25) is 0 Å². The standard InChI is InChI=1S/C12H16ClN/c13-12-7-3-1-2-6-11(12)10-5-4-8-14-9-10/h4-5,8-9,11-12H,1-3,6-7H2. The molecule has 2 heteroatoms. The van der Waals surface area contributed by atoms with Crippen molar-refractivity contribution in [3.63, 3.8) is 0 Å². The summed E-state index contributed by atoms with van der Waals surface area (Å²) in [5, 5.41) is 0.307. The molecule has 0 bridgehead atoms. The summed E-state index contributed by atoms with van der Waals surface area (Å²) in [4.78, 5) is 4.17. The van der Waals surface area contributed by atoms with Crippen LogP contribution < -0.4 is 0 Å². The molecule has 0 aliphatic heterocycles. The highest BCUT2D eigenvalue weighted by Crippen LogP contribution is 2.34. The van der Waals surface area contributed by atoms with E-state index in [1.165, 1.54) is 31.2 Å². The van der Waals surface area contributed by atoms with Gasteiger partial charge in [-0.2, -0.15) is 0 Å². The molecule has 1 aromatic heterocycles. The van der Waals surface area contributed by atoms with E-state index in [1.54, 1.807) is 0 Å². The smallest absolute Gasteiger partial charge is 0.0405 e. The highest BCUT2D eigenvalue weighted by Gasteiger charge is 2.22. The summed E-state index contributed by atoms with van der Waals surface area (Å²) in [5.74, 6) is 0.521. The molecule has 76 valence electrons. The third-order valence-corrected chi connectivity index (χ3v) is 3.57. The van der Waals surface area contributed by atoms with Gasteiger partial charge in [-0.05, 0) is 24.5 Å². The van der Waals surface area contributed by atoms with E-state index in [9.17, 15) is 0 Å². The zero-order chi connectivity index (χ0) is 9.80. The number of hydrogen-bond donors (Lipinski definition) is 0. The molecular formula is C12H16ClN. The number of halogens is 1. The summed E-state index contributed by atoms with van der Waals surface area (Å²) >= 11 is 6.39. The topological polar surface area (TPSA) is 12.9 Å². The van der Waals surface area contributed by atoms with E-state index >= 15 is 0 Å². The van der Waals surface area contributed by atoms with Gasteiger partial charge in [0.2, 0.25) is 0 Å². The van der Waals surface area contributed by atoms with Crippen LogP contribution in [0.1, 0.15) is 43.6 Å². The summed E-state index contributed by atoms with van der Waals surface area (Å²) in [5.41, 5.74) is 1.31. The van der Waals surface area contributed by atoms with E-state index < -0.39 is 0 Å². The van der Waals surface area contributed by atoms with Crippen molar-refractivity contribution >= 4 is 11.6 Å². The van der Waals surface area contributed by atoms with Gasteiger partial charge in [0.15, 0.2) is 0 Å². The maximum atomic E-state index is 6.39. The summed E-state index contributed by atoms with van der Waals surface area (Å²) in [6.45, 7) is 0. The second kappa shape index (κ2) is 4.79. The first kappa shape index (κ1) is 9.97. The van der Waals surface area contributed by atoms with Crippen LogP contribution in [-0.4, -0.2) is 10.4 Å². The number of alkyl halides is 1. The van der Waals surface area contributed by atoms with Crippen LogP contribution in [0, 0.1) is 0 Å². The molecule has 0 N–H and O–H groups in total. The Balaban J connectivity index is 2.15. The van der Waals surface area contributed by atoms with Crippen LogP contribution >= 0.6 is 11.6 Å². The first-order valence-corrected chi connectivity index (χ1v) is 5.85. The molecule has 0 amide bonds. The average molecular weight is 210 g/mol. The van der Waals surface area contributed by atoms with Crippen molar-refractivity contribution in [1.82, 2.24) is 4.98 Å². The number of nitrogens with zero attached hydrogens (tertiary/aromatic N) is 1. The van der Waals surface area contributed by atoms with Gasteiger partial charge < -0.3 is 0 Å². The van der Waals surface area contributed by atoms with Gasteiger partial charge in [0, 0.05) is 23.7 Å². The molecule has 0 aromatic carbocycles. The van der Waals surface area contributed by atoms with Crippen molar-refractivity contribution in [2.24, 2.45) is 0 Å².